The van der Waals surface area contributed by atoms with E-state index in [0.29, 0.717) is 23.8 Å². The van der Waals surface area contributed by atoms with Crippen LogP contribution < -0.4 is 19.5 Å². The lowest BCUT2D eigenvalue weighted by Gasteiger charge is -2.13. The highest BCUT2D eigenvalue weighted by atomic mass is 16.6. The van der Waals surface area contributed by atoms with E-state index in [1.807, 2.05) is 31.2 Å². The number of nitro groups is 1. The van der Waals surface area contributed by atoms with Crippen LogP contribution in [0.15, 0.2) is 60.7 Å². The molecule has 1 amide bonds. The minimum absolute atomic E-state index is 0.149. The average molecular weight is 452 g/mol. The van der Waals surface area contributed by atoms with E-state index in [4.69, 9.17) is 18.9 Å². The first-order valence-corrected chi connectivity index (χ1v) is 10.1. The number of aryl methyl sites for hydroxylation is 1. The summed E-state index contributed by atoms with van der Waals surface area (Å²) in [5, 5.41) is 14.2. The number of nitrogens with zero attached hydrogens (tertiary/aromatic N) is 1. The molecule has 0 aliphatic carbocycles. The Balaban J connectivity index is 1.77. The van der Waals surface area contributed by atoms with Crippen LogP contribution in [0, 0.1) is 17.0 Å². The molecule has 0 unspecified atom stereocenters. The molecule has 9 heteroatoms. The van der Waals surface area contributed by atoms with Gasteiger partial charge in [0.25, 0.3) is 11.6 Å². The van der Waals surface area contributed by atoms with Gasteiger partial charge in [0.1, 0.15) is 23.7 Å². The molecule has 0 atom stereocenters. The number of carbonyl (C=O) groups is 1. The number of benzene rings is 3. The predicted octanol–water partition coefficient (Wildman–Crippen LogP) is 4.98. The van der Waals surface area contributed by atoms with E-state index in [1.165, 1.54) is 26.4 Å². The molecule has 0 radical (unpaired) electrons. The summed E-state index contributed by atoms with van der Waals surface area (Å²) in [5.74, 6) is 0.963. The van der Waals surface area contributed by atoms with Gasteiger partial charge in [-0.2, -0.15) is 0 Å². The van der Waals surface area contributed by atoms with E-state index < -0.39 is 16.5 Å². The highest BCUT2D eigenvalue weighted by Crippen LogP contribution is 2.35. The number of nitro benzene ring substituents is 1. The van der Waals surface area contributed by atoms with Gasteiger partial charge in [0, 0.05) is 18.9 Å². The topological polar surface area (TPSA) is 109 Å². The summed E-state index contributed by atoms with van der Waals surface area (Å²) < 4.78 is 21.4. The molecular weight excluding hydrogens is 428 g/mol. The predicted molar refractivity (Wildman–Crippen MR) is 123 cm³/mol. The Labute approximate surface area is 191 Å². The van der Waals surface area contributed by atoms with Crippen LogP contribution in [0.4, 0.5) is 11.4 Å². The lowest BCUT2D eigenvalue weighted by molar-refractivity contribution is -0.385. The normalized spacial score (nSPS) is 10.4. The molecule has 0 bridgehead atoms. The second kappa shape index (κ2) is 11.0. The molecular formula is C24H24N2O7. The quantitative estimate of drug-likeness (QED) is 0.262. The molecule has 0 aromatic heterocycles. The van der Waals surface area contributed by atoms with Gasteiger partial charge < -0.3 is 24.3 Å². The number of methoxy groups -OCH3 is 2. The number of rotatable bonds is 10. The summed E-state index contributed by atoms with van der Waals surface area (Å²) in [4.78, 5) is 23.8. The van der Waals surface area contributed by atoms with Gasteiger partial charge in [-0.1, -0.05) is 17.7 Å². The van der Waals surface area contributed by atoms with E-state index >= 15 is 0 Å². The molecule has 3 aromatic rings. The first-order valence-electron chi connectivity index (χ1n) is 10.1. The molecule has 0 aliphatic heterocycles. The molecule has 1 N–H and O–H groups in total. The van der Waals surface area contributed by atoms with Crippen molar-refractivity contribution in [1.29, 1.82) is 0 Å². The first kappa shape index (κ1) is 23.6. The lowest BCUT2D eigenvalue weighted by atomic mass is 10.1. The third kappa shape index (κ3) is 6.20. The first-order chi connectivity index (χ1) is 15.9. The Morgan fingerprint density at radius 3 is 2.15 bits per heavy atom. The minimum Gasteiger partial charge on any atom is -0.493 e. The molecule has 0 spiro atoms. The molecule has 0 saturated carbocycles. The van der Waals surface area contributed by atoms with Crippen molar-refractivity contribution < 1.29 is 28.7 Å². The maximum Gasteiger partial charge on any atom is 0.286 e. The maximum absolute atomic E-state index is 12.8. The van der Waals surface area contributed by atoms with Gasteiger partial charge in [-0.3, -0.25) is 14.9 Å². The van der Waals surface area contributed by atoms with E-state index in [0.717, 1.165) is 5.56 Å². The fourth-order valence-corrected chi connectivity index (χ4v) is 2.94. The Morgan fingerprint density at radius 2 is 1.58 bits per heavy atom. The summed E-state index contributed by atoms with van der Waals surface area (Å²) in [6.45, 7) is 2.46. The third-order valence-electron chi connectivity index (χ3n) is 4.64. The number of amides is 1. The maximum atomic E-state index is 12.8. The molecule has 0 fully saturated rings. The lowest BCUT2D eigenvalue weighted by Crippen LogP contribution is -2.15. The van der Waals surface area contributed by atoms with Gasteiger partial charge in [-0.25, -0.2) is 0 Å². The summed E-state index contributed by atoms with van der Waals surface area (Å²) in [7, 11) is 2.90. The van der Waals surface area contributed by atoms with Crippen LogP contribution in [0.5, 0.6) is 23.0 Å². The minimum atomic E-state index is -0.657. The number of anilines is 1. The van der Waals surface area contributed by atoms with Crippen LogP contribution >= 0.6 is 0 Å². The van der Waals surface area contributed by atoms with E-state index in [2.05, 4.69) is 5.32 Å². The van der Waals surface area contributed by atoms with Crippen LogP contribution in [0.25, 0.3) is 0 Å². The zero-order valence-corrected chi connectivity index (χ0v) is 18.5. The summed E-state index contributed by atoms with van der Waals surface area (Å²) >= 11 is 0. The van der Waals surface area contributed by atoms with Crippen molar-refractivity contribution >= 4 is 17.3 Å². The van der Waals surface area contributed by atoms with Crippen LogP contribution in [-0.2, 0) is 4.74 Å². The Hall–Kier alpha value is -4.11. The van der Waals surface area contributed by atoms with Gasteiger partial charge in [0.2, 0.25) is 0 Å². The van der Waals surface area contributed by atoms with Crippen molar-refractivity contribution in [3.05, 3.63) is 81.9 Å². The number of carbonyl (C=O) groups excluding carboxylic acids is 1. The highest BCUT2D eigenvalue weighted by Gasteiger charge is 2.25. The van der Waals surface area contributed by atoms with Crippen LogP contribution in [-0.4, -0.2) is 38.3 Å². The molecule has 0 aliphatic rings. The molecule has 9 nitrogen and oxygen atoms in total. The second-order valence-corrected chi connectivity index (χ2v) is 7.01. The smallest absolute Gasteiger partial charge is 0.286 e. The zero-order valence-electron chi connectivity index (χ0n) is 18.5. The largest absolute Gasteiger partial charge is 0.493 e. The molecule has 0 saturated heterocycles. The van der Waals surface area contributed by atoms with Crippen LogP contribution in [0.2, 0.25) is 0 Å². The van der Waals surface area contributed by atoms with Crippen molar-refractivity contribution in [1.82, 2.24) is 0 Å². The van der Waals surface area contributed by atoms with Crippen molar-refractivity contribution in [3.63, 3.8) is 0 Å². The van der Waals surface area contributed by atoms with E-state index in [-0.39, 0.29) is 23.7 Å². The average Bonchev–Trinajstić information content (AvgIpc) is 2.81. The standard InChI is InChI=1S/C24H24N2O7/c1-16-4-8-18(9-5-16)33-19-10-6-17(7-11-19)25-24(27)20-14-22(31-3)23(32-13-12-30-2)15-21(20)26(28)29/h4-11,14-15H,12-13H2,1-3H3,(H,25,27). The monoisotopic (exact) mass is 452 g/mol. The fourth-order valence-electron chi connectivity index (χ4n) is 2.94. The molecule has 33 heavy (non-hydrogen) atoms. The molecule has 3 aromatic carbocycles. The van der Waals surface area contributed by atoms with Gasteiger partial charge in [0.05, 0.1) is 24.7 Å². The van der Waals surface area contributed by atoms with Crippen molar-refractivity contribution in [2.24, 2.45) is 0 Å². The number of hydrogen-bond acceptors (Lipinski definition) is 7. The third-order valence-corrected chi connectivity index (χ3v) is 4.64. The van der Waals surface area contributed by atoms with Gasteiger partial charge >= 0.3 is 0 Å². The van der Waals surface area contributed by atoms with Crippen molar-refractivity contribution in [2.45, 2.75) is 6.92 Å². The Morgan fingerprint density at radius 1 is 0.939 bits per heavy atom. The van der Waals surface area contributed by atoms with E-state index in [1.54, 1.807) is 24.3 Å². The van der Waals surface area contributed by atoms with Gasteiger partial charge in [-0.15, -0.1) is 0 Å². The van der Waals surface area contributed by atoms with Gasteiger partial charge in [-0.05, 0) is 43.3 Å². The van der Waals surface area contributed by atoms with Gasteiger partial charge in [0.15, 0.2) is 11.5 Å². The number of ether oxygens (including phenoxy) is 4. The second-order valence-electron chi connectivity index (χ2n) is 7.01. The fraction of sp³-hybridized carbons (Fsp3) is 0.208. The summed E-state index contributed by atoms with van der Waals surface area (Å²) in [6.07, 6.45) is 0. The van der Waals surface area contributed by atoms with Crippen molar-refractivity contribution in [2.75, 3.05) is 32.8 Å². The summed E-state index contributed by atoms with van der Waals surface area (Å²) in [6, 6.07) is 16.7. The van der Waals surface area contributed by atoms with Crippen LogP contribution in [0.3, 0.4) is 0 Å². The molecule has 0 heterocycles. The Bertz CT molecular complexity index is 1110. The molecule has 172 valence electrons. The van der Waals surface area contributed by atoms with Crippen molar-refractivity contribution in [3.8, 4) is 23.0 Å². The Kier molecular flexibility index (Phi) is 7.82. The van der Waals surface area contributed by atoms with Crippen LogP contribution in [0.1, 0.15) is 15.9 Å². The van der Waals surface area contributed by atoms with E-state index in [9.17, 15) is 14.9 Å². The number of hydrogen-bond donors (Lipinski definition) is 1. The summed E-state index contributed by atoms with van der Waals surface area (Å²) in [5.41, 5.74) is 1.02. The highest BCUT2D eigenvalue weighted by molar-refractivity contribution is 6.07. The molecule has 3 rings (SSSR count). The zero-order chi connectivity index (χ0) is 23.8. The number of nitrogens with one attached hydrogen (secondary N) is 1. The SMILES string of the molecule is COCCOc1cc([N+](=O)[O-])c(C(=O)Nc2ccc(Oc3ccc(C)cc3)cc2)cc1OC.